The van der Waals surface area contributed by atoms with E-state index in [0.29, 0.717) is 0 Å². The van der Waals surface area contributed by atoms with Gasteiger partial charge in [0.05, 0.1) is 0 Å². The third kappa shape index (κ3) is 2.73. The minimum atomic E-state index is 0.769. The van der Waals surface area contributed by atoms with Crippen LogP contribution >= 0.6 is 0 Å². The van der Waals surface area contributed by atoms with Crippen LogP contribution in [0, 0.1) is 0 Å². The Balaban J connectivity index is 1.79. The molecular weight excluding hydrogens is 188 g/mol. The molecule has 2 heterocycles. The summed E-state index contributed by atoms with van der Waals surface area (Å²) in [4.78, 5) is 5.01. The molecular formula is C12H22N2O. The lowest BCUT2D eigenvalue weighted by molar-refractivity contribution is 0.0183. The average molecular weight is 210 g/mol. The van der Waals surface area contributed by atoms with Crippen molar-refractivity contribution in [3.8, 4) is 0 Å². The van der Waals surface area contributed by atoms with Crippen LogP contribution in [0.3, 0.4) is 0 Å². The van der Waals surface area contributed by atoms with Gasteiger partial charge < -0.3 is 9.64 Å². The third-order valence-electron chi connectivity index (χ3n) is 3.56. The number of rotatable bonds is 2. The van der Waals surface area contributed by atoms with Gasteiger partial charge in [0.1, 0.15) is 0 Å². The van der Waals surface area contributed by atoms with E-state index in [2.05, 4.69) is 23.3 Å². The van der Waals surface area contributed by atoms with Gasteiger partial charge in [-0.25, -0.2) is 0 Å². The number of allylic oxidation sites excluding steroid dienone is 1. The molecule has 0 aromatic heterocycles. The minimum absolute atomic E-state index is 0.769. The Bertz CT molecular complexity index is 216. The second kappa shape index (κ2) is 4.99. The van der Waals surface area contributed by atoms with Crippen LogP contribution in [0.1, 0.15) is 19.8 Å². The highest BCUT2D eigenvalue weighted by atomic mass is 16.5. The van der Waals surface area contributed by atoms with E-state index in [1.54, 1.807) is 0 Å². The van der Waals surface area contributed by atoms with Gasteiger partial charge in [0.25, 0.3) is 0 Å². The fourth-order valence-corrected chi connectivity index (χ4v) is 2.52. The molecule has 2 aliphatic rings. The highest BCUT2D eigenvalue weighted by Crippen LogP contribution is 2.17. The quantitative estimate of drug-likeness (QED) is 0.683. The van der Waals surface area contributed by atoms with E-state index >= 15 is 0 Å². The van der Waals surface area contributed by atoms with E-state index in [0.717, 1.165) is 32.3 Å². The third-order valence-corrected chi connectivity index (χ3v) is 3.56. The summed E-state index contributed by atoms with van der Waals surface area (Å²) in [5, 5.41) is 0. The Labute approximate surface area is 92.7 Å². The zero-order valence-electron chi connectivity index (χ0n) is 9.74. The molecule has 0 saturated carbocycles. The number of ether oxygens (including phenoxy) is 1. The number of hydrogen-bond acceptors (Lipinski definition) is 3. The summed E-state index contributed by atoms with van der Waals surface area (Å²) in [6.45, 7) is 12.7. The van der Waals surface area contributed by atoms with Gasteiger partial charge in [-0.05, 0) is 19.8 Å². The summed E-state index contributed by atoms with van der Waals surface area (Å²) < 4.78 is 5.40. The van der Waals surface area contributed by atoms with Crippen LogP contribution in [0.2, 0.25) is 0 Å². The monoisotopic (exact) mass is 210 g/mol. The highest BCUT2D eigenvalue weighted by molar-refractivity contribution is 4.92. The molecule has 0 N–H and O–H groups in total. The maximum Gasteiger partial charge on any atom is 0.0480 e. The van der Waals surface area contributed by atoms with Gasteiger partial charge >= 0.3 is 0 Å². The second-order valence-electron chi connectivity index (χ2n) is 4.60. The van der Waals surface area contributed by atoms with Crippen LogP contribution in [0.15, 0.2) is 12.3 Å². The standard InChI is InChI=1S/C12H22N2O/c1-11(2)13-5-7-14(8-6-13)12-3-9-15-10-4-12/h12H,1,3-10H2,2H3. The summed E-state index contributed by atoms with van der Waals surface area (Å²) in [6.07, 6.45) is 2.43. The average Bonchev–Trinajstić information content (AvgIpc) is 2.30. The fourth-order valence-electron chi connectivity index (χ4n) is 2.52. The lowest BCUT2D eigenvalue weighted by Gasteiger charge is -2.41. The molecule has 0 bridgehead atoms. The molecule has 3 heteroatoms. The first kappa shape index (κ1) is 11.0. The Kier molecular flexibility index (Phi) is 3.65. The molecule has 15 heavy (non-hydrogen) atoms. The summed E-state index contributed by atoms with van der Waals surface area (Å²) in [5.41, 5.74) is 1.21. The van der Waals surface area contributed by atoms with Crippen molar-refractivity contribution in [2.24, 2.45) is 0 Å². The van der Waals surface area contributed by atoms with Gasteiger partial charge in [-0.15, -0.1) is 0 Å². The Morgan fingerprint density at radius 2 is 1.73 bits per heavy atom. The SMILES string of the molecule is C=C(C)N1CCN(C2CCOCC2)CC1. The zero-order valence-corrected chi connectivity index (χ0v) is 9.74. The highest BCUT2D eigenvalue weighted by Gasteiger charge is 2.24. The molecule has 2 aliphatic heterocycles. The smallest absolute Gasteiger partial charge is 0.0480 e. The Morgan fingerprint density at radius 3 is 2.27 bits per heavy atom. The Morgan fingerprint density at radius 1 is 1.13 bits per heavy atom. The number of hydrogen-bond donors (Lipinski definition) is 0. The van der Waals surface area contributed by atoms with Gasteiger partial charge in [0.2, 0.25) is 0 Å². The van der Waals surface area contributed by atoms with Crippen molar-refractivity contribution < 1.29 is 4.74 Å². The van der Waals surface area contributed by atoms with Crippen molar-refractivity contribution in [3.63, 3.8) is 0 Å². The molecule has 3 nitrogen and oxygen atoms in total. The lowest BCUT2D eigenvalue weighted by atomic mass is 10.1. The molecule has 0 aromatic rings. The van der Waals surface area contributed by atoms with Crippen LogP contribution in [0.25, 0.3) is 0 Å². The van der Waals surface area contributed by atoms with Crippen LogP contribution < -0.4 is 0 Å². The first-order chi connectivity index (χ1) is 7.27. The first-order valence-electron chi connectivity index (χ1n) is 5.99. The molecule has 0 amide bonds. The van der Waals surface area contributed by atoms with Gasteiger partial charge in [-0.3, -0.25) is 4.90 Å². The minimum Gasteiger partial charge on any atom is -0.381 e. The van der Waals surface area contributed by atoms with Crippen molar-refractivity contribution in [3.05, 3.63) is 12.3 Å². The first-order valence-corrected chi connectivity index (χ1v) is 5.99. The lowest BCUT2D eigenvalue weighted by Crippen LogP contribution is -2.50. The number of piperazine rings is 1. The molecule has 2 fully saturated rings. The maximum atomic E-state index is 5.40. The van der Waals surface area contributed by atoms with E-state index in [4.69, 9.17) is 4.74 Å². The molecule has 0 atom stereocenters. The molecule has 0 aliphatic carbocycles. The van der Waals surface area contributed by atoms with Gasteiger partial charge in [-0.2, -0.15) is 0 Å². The fraction of sp³-hybridized carbons (Fsp3) is 0.833. The molecule has 0 radical (unpaired) electrons. The van der Waals surface area contributed by atoms with E-state index in [1.807, 2.05) is 0 Å². The molecule has 0 aromatic carbocycles. The molecule has 2 saturated heterocycles. The molecule has 86 valence electrons. The summed E-state index contributed by atoms with van der Waals surface area (Å²) in [6, 6.07) is 0.769. The largest absolute Gasteiger partial charge is 0.381 e. The van der Waals surface area contributed by atoms with Crippen molar-refractivity contribution >= 4 is 0 Å². The summed E-state index contributed by atoms with van der Waals surface area (Å²) in [5.74, 6) is 0. The van der Waals surface area contributed by atoms with E-state index in [9.17, 15) is 0 Å². The van der Waals surface area contributed by atoms with Crippen LogP contribution in [0.5, 0.6) is 0 Å². The molecule has 0 unspecified atom stereocenters. The van der Waals surface area contributed by atoms with E-state index in [-0.39, 0.29) is 0 Å². The number of nitrogens with zero attached hydrogens (tertiary/aromatic N) is 2. The van der Waals surface area contributed by atoms with Crippen molar-refractivity contribution in [2.75, 3.05) is 39.4 Å². The van der Waals surface area contributed by atoms with Crippen molar-refractivity contribution in [2.45, 2.75) is 25.8 Å². The normalized spacial score (nSPS) is 25.5. The Hall–Kier alpha value is -0.540. The predicted octanol–water partition coefficient (Wildman–Crippen LogP) is 1.32. The van der Waals surface area contributed by atoms with Crippen LogP contribution in [-0.2, 0) is 4.74 Å². The van der Waals surface area contributed by atoms with Crippen LogP contribution in [-0.4, -0.2) is 55.2 Å². The predicted molar refractivity (Wildman–Crippen MR) is 61.8 cm³/mol. The molecule has 2 rings (SSSR count). The van der Waals surface area contributed by atoms with E-state index < -0.39 is 0 Å². The van der Waals surface area contributed by atoms with Gasteiger partial charge in [0.15, 0.2) is 0 Å². The summed E-state index contributed by atoms with van der Waals surface area (Å²) in [7, 11) is 0. The molecule has 0 spiro atoms. The second-order valence-corrected chi connectivity index (χ2v) is 4.60. The van der Waals surface area contributed by atoms with Crippen LogP contribution in [0.4, 0.5) is 0 Å². The maximum absolute atomic E-state index is 5.40. The summed E-state index contributed by atoms with van der Waals surface area (Å²) >= 11 is 0. The zero-order chi connectivity index (χ0) is 10.7. The van der Waals surface area contributed by atoms with E-state index in [1.165, 1.54) is 31.6 Å². The van der Waals surface area contributed by atoms with Crippen molar-refractivity contribution in [1.82, 2.24) is 9.80 Å². The van der Waals surface area contributed by atoms with Crippen molar-refractivity contribution in [1.29, 1.82) is 0 Å². The van der Waals surface area contributed by atoms with Gasteiger partial charge in [0, 0.05) is 51.1 Å². The topological polar surface area (TPSA) is 15.7 Å². The van der Waals surface area contributed by atoms with Gasteiger partial charge in [-0.1, -0.05) is 6.58 Å².